The molecule has 0 unspecified atom stereocenters. The van der Waals surface area contributed by atoms with E-state index in [1.54, 1.807) is 54.8 Å². The number of nitro groups is 1. The summed E-state index contributed by atoms with van der Waals surface area (Å²) in [4.78, 5) is 43.1. The standard InChI is InChI=1S/C15H10N2O5.C15H12N2O3/c1-21-15(18)11-8-13(14-3-2-6-22-14)16-12-5-4-9(17(19)20)7-10(11)12;1-19-15(18)11-8-13(14-3-2-6-20-14)17-12-5-4-9(16)7-10(11)12/h2-8H,1H3;2-8H,16H2,1H3. The van der Waals surface area contributed by atoms with Crippen molar-refractivity contribution in [2.75, 3.05) is 20.0 Å². The third kappa shape index (κ3) is 5.49. The molecule has 0 aliphatic rings. The number of nitrogen functional groups attached to an aromatic ring is 1. The highest BCUT2D eigenvalue weighted by atomic mass is 16.6. The fourth-order valence-corrected chi connectivity index (χ4v) is 4.23. The van der Waals surface area contributed by atoms with Gasteiger partial charge in [-0.2, -0.15) is 0 Å². The van der Waals surface area contributed by atoms with Crippen molar-refractivity contribution in [3.8, 4) is 22.9 Å². The Kier molecular flexibility index (Phi) is 7.60. The smallest absolute Gasteiger partial charge is 0.338 e. The van der Waals surface area contributed by atoms with Crippen molar-refractivity contribution < 1.29 is 32.8 Å². The lowest BCUT2D eigenvalue weighted by Gasteiger charge is -2.07. The summed E-state index contributed by atoms with van der Waals surface area (Å²) in [5.41, 5.74) is 8.96. The van der Waals surface area contributed by atoms with Crippen molar-refractivity contribution >= 4 is 45.1 Å². The molecular formula is C30H22N4O8. The Morgan fingerprint density at radius 2 is 1.26 bits per heavy atom. The van der Waals surface area contributed by atoms with E-state index in [1.807, 2.05) is 0 Å². The van der Waals surface area contributed by atoms with Crippen LogP contribution in [-0.4, -0.2) is 41.0 Å². The third-order valence-corrected chi connectivity index (χ3v) is 6.19. The summed E-state index contributed by atoms with van der Waals surface area (Å²) in [5.74, 6) is 0.0517. The molecule has 4 heterocycles. The van der Waals surface area contributed by atoms with Crippen LogP contribution < -0.4 is 5.73 Å². The molecule has 210 valence electrons. The van der Waals surface area contributed by atoms with E-state index in [1.165, 1.54) is 44.7 Å². The minimum atomic E-state index is -0.597. The van der Waals surface area contributed by atoms with Crippen molar-refractivity contribution in [1.29, 1.82) is 0 Å². The zero-order valence-electron chi connectivity index (χ0n) is 22.3. The fraction of sp³-hybridized carbons (Fsp3) is 0.0667. The number of carbonyl (C=O) groups excluding carboxylic acids is 2. The summed E-state index contributed by atoms with van der Waals surface area (Å²) in [7, 11) is 2.59. The van der Waals surface area contributed by atoms with Crippen LogP contribution in [0.1, 0.15) is 20.7 Å². The van der Waals surface area contributed by atoms with E-state index >= 15 is 0 Å². The van der Waals surface area contributed by atoms with E-state index in [-0.39, 0.29) is 11.3 Å². The maximum atomic E-state index is 12.0. The third-order valence-electron chi connectivity index (χ3n) is 6.19. The van der Waals surface area contributed by atoms with Gasteiger partial charge >= 0.3 is 11.9 Å². The number of furan rings is 2. The van der Waals surface area contributed by atoms with Gasteiger partial charge < -0.3 is 24.0 Å². The first-order chi connectivity index (χ1) is 20.3. The summed E-state index contributed by atoms with van der Waals surface area (Å²) in [6.07, 6.45) is 3.05. The minimum absolute atomic E-state index is 0.120. The Bertz CT molecular complexity index is 1930. The topological polar surface area (TPSA) is 174 Å². The van der Waals surface area contributed by atoms with Crippen LogP contribution in [0.5, 0.6) is 0 Å². The average Bonchev–Trinajstić information content (AvgIpc) is 3.75. The van der Waals surface area contributed by atoms with E-state index in [4.69, 9.17) is 24.0 Å². The number of ether oxygens (including phenoxy) is 2. The number of fused-ring (bicyclic) bond motifs is 2. The van der Waals surface area contributed by atoms with Gasteiger partial charge in [0.05, 0.1) is 53.8 Å². The van der Waals surface area contributed by atoms with Gasteiger partial charge in [-0.25, -0.2) is 19.6 Å². The van der Waals surface area contributed by atoms with Crippen LogP contribution in [-0.2, 0) is 9.47 Å². The SMILES string of the molecule is COC(=O)c1cc(-c2ccco2)nc2ccc(N)cc12.COC(=O)c1cc(-c2ccco2)nc2ccc([N+](=O)[O-])cc12. The Morgan fingerprint density at radius 1 is 0.762 bits per heavy atom. The maximum Gasteiger partial charge on any atom is 0.338 e. The molecule has 0 bridgehead atoms. The quantitative estimate of drug-likeness (QED) is 0.111. The number of methoxy groups -OCH3 is 2. The van der Waals surface area contributed by atoms with E-state index in [0.717, 1.165) is 0 Å². The molecule has 0 saturated heterocycles. The fourth-order valence-electron chi connectivity index (χ4n) is 4.23. The molecule has 2 aromatic carbocycles. The van der Waals surface area contributed by atoms with Gasteiger partial charge in [0.25, 0.3) is 5.69 Å². The van der Waals surface area contributed by atoms with E-state index in [9.17, 15) is 19.7 Å². The van der Waals surface area contributed by atoms with Crippen LogP contribution in [0.15, 0.2) is 94.2 Å². The van der Waals surface area contributed by atoms with Gasteiger partial charge in [-0.3, -0.25) is 10.1 Å². The van der Waals surface area contributed by atoms with Crippen LogP contribution in [0.3, 0.4) is 0 Å². The summed E-state index contributed by atoms with van der Waals surface area (Å²) in [6.45, 7) is 0. The van der Waals surface area contributed by atoms with Gasteiger partial charge in [0.15, 0.2) is 11.5 Å². The highest BCUT2D eigenvalue weighted by molar-refractivity contribution is 6.06. The summed E-state index contributed by atoms with van der Waals surface area (Å²) >= 11 is 0. The Balaban J connectivity index is 0.000000169. The van der Waals surface area contributed by atoms with E-state index in [0.29, 0.717) is 56.0 Å². The monoisotopic (exact) mass is 566 g/mol. The van der Waals surface area contributed by atoms with Crippen molar-refractivity contribution in [2.45, 2.75) is 0 Å². The molecule has 12 nitrogen and oxygen atoms in total. The molecule has 0 aliphatic heterocycles. The molecule has 0 fully saturated rings. The highest BCUT2D eigenvalue weighted by Gasteiger charge is 2.18. The zero-order valence-corrected chi connectivity index (χ0v) is 22.3. The zero-order chi connectivity index (χ0) is 29.8. The van der Waals surface area contributed by atoms with Gasteiger partial charge in [0, 0.05) is 28.6 Å². The lowest BCUT2D eigenvalue weighted by atomic mass is 10.1. The number of nitro benzene ring substituents is 1. The number of rotatable bonds is 5. The normalized spacial score (nSPS) is 10.6. The number of benzene rings is 2. The number of nitrogens with two attached hydrogens (primary N) is 1. The predicted molar refractivity (Wildman–Crippen MR) is 153 cm³/mol. The summed E-state index contributed by atoms with van der Waals surface area (Å²) < 4.78 is 20.2. The van der Waals surface area contributed by atoms with Crippen LogP contribution in [0, 0.1) is 10.1 Å². The highest BCUT2D eigenvalue weighted by Crippen LogP contribution is 2.29. The first-order valence-corrected chi connectivity index (χ1v) is 12.3. The Labute approximate surface area is 237 Å². The number of hydrogen-bond acceptors (Lipinski definition) is 11. The molecule has 6 aromatic rings. The Morgan fingerprint density at radius 3 is 1.71 bits per heavy atom. The number of carbonyl (C=O) groups is 2. The lowest BCUT2D eigenvalue weighted by molar-refractivity contribution is -0.384. The molecular weight excluding hydrogens is 544 g/mol. The van der Waals surface area contributed by atoms with E-state index < -0.39 is 16.9 Å². The van der Waals surface area contributed by atoms with Gasteiger partial charge in [-0.1, -0.05) is 0 Å². The second-order valence-corrected chi connectivity index (χ2v) is 8.78. The molecule has 42 heavy (non-hydrogen) atoms. The van der Waals surface area contributed by atoms with Crippen molar-refractivity contribution in [1.82, 2.24) is 9.97 Å². The predicted octanol–water partition coefficient (Wildman–Crippen LogP) is 6.05. The molecule has 2 N–H and O–H groups in total. The number of anilines is 1. The molecule has 12 heteroatoms. The maximum absolute atomic E-state index is 12.0. The first kappa shape index (κ1) is 27.5. The molecule has 0 spiro atoms. The second-order valence-electron chi connectivity index (χ2n) is 8.78. The van der Waals surface area contributed by atoms with Crippen molar-refractivity contribution in [3.63, 3.8) is 0 Å². The van der Waals surface area contributed by atoms with Crippen LogP contribution in [0.2, 0.25) is 0 Å². The van der Waals surface area contributed by atoms with E-state index in [2.05, 4.69) is 9.97 Å². The number of aromatic nitrogens is 2. The van der Waals surface area contributed by atoms with Crippen LogP contribution in [0.25, 0.3) is 44.7 Å². The number of hydrogen-bond donors (Lipinski definition) is 1. The summed E-state index contributed by atoms with van der Waals surface area (Å²) in [6, 6.07) is 19.5. The number of esters is 2. The van der Waals surface area contributed by atoms with Crippen molar-refractivity contribution in [3.05, 3.63) is 107 Å². The summed E-state index contributed by atoms with van der Waals surface area (Å²) in [5, 5.41) is 11.9. The molecule has 0 amide bonds. The molecule has 4 aromatic heterocycles. The number of pyridine rings is 2. The number of non-ortho nitro benzene ring substituents is 1. The second kappa shape index (κ2) is 11.6. The van der Waals surface area contributed by atoms with Crippen LogP contribution >= 0.6 is 0 Å². The molecule has 0 aliphatic carbocycles. The van der Waals surface area contributed by atoms with Crippen molar-refractivity contribution in [2.24, 2.45) is 0 Å². The molecule has 0 atom stereocenters. The van der Waals surface area contributed by atoms with Gasteiger partial charge in [0.2, 0.25) is 0 Å². The van der Waals surface area contributed by atoms with Crippen LogP contribution in [0.4, 0.5) is 11.4 Å². The number of nitrogens with zero attached hydrogens (tertiary/aromatic N) is 3. The molecule has 0 saturated carbocycles. The van der Waals surface area contributed by atoms with Gasteiger partial charge in [-0.15, -0.1) is 0 Å². The van der Waals surface area contributed by atoms with Gasteiger partial charge in [0.1, 0.15) is 11.4 Å². The Hall–Kier alpha value is -6.04. The van der Waals surface area contributed by atoms with Gasteiger partial charge in [-0.05, 0) is 60.7 Å². The largest absolute Gasteiger partial charge is 0.465 e. The average molecular weight is 567 g/mol. The minimum Gasteiger partial charge on any atom is -0.465 e. The lowest BCUT2D eigenvalue weighted by Crippen LogP contribution is -2.04. The first-order valence-electron chi connectivity index (χ1n) is 12.3. The molecule has 0 radical (unpaired) electrons. The molecule has 6 rings (SSSR count).